The topological polar surface area (TPSA) is 15.8 Å². The number of nitrogens with one attached hydrogen (secondary N) is 1. The quantitative estimate of drug-likeness (QED) is 0.653. The molecule has 0 atom stereocenters. The SMILES string of the molecule is [Ce+4].c1cc[nH]c1. The Labute approximate surface area is 70.5 Å². The molecule has 0 spiro atoms. The van der Waals surface area contributed by atoms with Crippen LogP contribution in [0.5, 0.6) is 0 Å². The van der Waals surface area contributed by atoms with Gasteiger partial charge in [0, 0.05) is 12.4 Å². The summed E-state index contributed by atoms with van der Waals surface area (Å²) in [5, 5.41) is 0. The van der Waals surface area contributed by atoms with Crippen molar-refractivity contribution in [3.8, 4) is 0 Å². The number of hydrogen-bond acceptors (Lipinski definition) is 0. The fraction of sp³-hybridized carbons (Fsp3) is 0. The number of H-pyrrole nitrogens is 1. The average molecular weight is 207 g/mol. The fourth-order valence-electron chi connectivity index (χ4n) is 0.278. The van der Waals surface area contributed by atoms with Crippen molar-refractivity contribution in [3.05, 3.63) is 24.5 Å². The Bertz CT molecular complexity index is 64.0. The van der Waals surface area contributed by atoms with Crippen molar-refractivity contribution in [3.63, 3.8) is 0 Å². The summed E-state index contributed by atoms with van der Waals surface area (Å²) in [4.78, 5) is 2.86. The van der Waals surface area contributed by atoms with Gasteiger partial charge in [0.2, 0.25) is 0 Å². The Kier molecular flexibility index (Phi) is 4.25. The summed E-state index contributed by atoms with van der Waals surface area (Å²) < 4.78 is 0. The van der Waals surface area contributed by atoms with E-state index in [2.05, 4.69) is 4.98 Å². The maximum absolute atomic E-state index is 2.86. The standard InChI is InChI=1S/C4H5N.Ce/c1-2-4-5-3-1;/h1-5H;/q;+4. The molecular formula is C4H5CeN+4. The zero-order valence-corrected chi connectivity index (χ0v) is 6.45. The van der Waals surface area contributed by atoms with E-state index in [9.17, 15) is 0 Å². The Morgan fingerprint density at radius 1 is 1.00 bits per heavy atom. The smallest absolute Gasteiger partial charge is 0.368 e. The molecule has 0 aliphatic carbocycles. The molecular weight excluding hydrogens is 202 g/mol. The number of hydrogen-bond donors (Lipinski definition) is 1. The van der Waals surface area contributed by atoms with Crippen LogP contribution in [0.15, 0.2) is 24.5 Å². The van der Waals surface area contributed by atoms with Gasteiger partial charge in [-0.1, -0.05) is 0 Å². The Balaban J connectivity index is 0.000000250. The van der Waals surface area contributed by atoms with Crippen molar-refractivity contribution in [2.45, 2.75) is 0 Å². The number of aromatic nitrogens is 1. The van der Waals surface area contributed by atoms with Crippen LogP contribution in [-0.2, 0) is 0 Å². The molecule has 1 N–H and O–H groups in total. The first-order chi connectivity index (χ1) is 2.50. The van der Waals surface area contributed by atoms with Gasteiger partial charge in [0.1, 0.15) is 0 Å². The van der Waals surface area contributed by atoms with Crippen molar-refractivity contribution in [1.29, 1.82) is 0 Å². The Morgan fingerprint density at radius 3 is 1.67 bits per heavy atom. The molecule has 0 aromatic carbocycles. The van der Waals surface area contributed by atoms with E-state index in [0.29, 0.717) is 0 Å². The van der Waals surface area contributed by atoms with Gasteiger partial charge in [-0.2, -0.15) is 0 Å². The summed E-state index contributed by atoms with van der Waals surface area (Å²) in [7, 11) is 0. The average Bonchev–Trinajstić information content (AvgIpc) is 1.76. The molecule has 0 radical (unpaired) electrons. The molecule has 2 heteroatoms. The van der Waals surface area contributed by atoms with Crippen molar-refractivity contribution in [2.75, 3.05) is 0 Å². The molecule has 0 fully saturated rings. The first kappa shape index (κ1) is 6.66. The van der Waals surface area contributed by atoms with E-state index < -0.39 is 0 Å². The third kappa shape index (κ3) is 1.95. The van der Waals surface area contributed by atoms with Crippen molar-refractivity contribution < 1.29 is 41.7 Å². The van der Waals surface area contributed by atoms with Gasteiger partial charge in [-0.05, 0) is 12.1 Å². The maximum atomic E-state index is 2.86. The van der Waals surface area contributed by atoms with Gasteiger partial charge < -0.3 is 4.98 Å². The fourth-order valence-corrected chi connectivity index (χ4v) is 0.278. The molecule has 1 rings (SSSR count). The largest absolute Gasteiger partial charge is 4.00 e. The minimum Gasteiger partial charge on any atom is -0.368 e. The van der Waals surface area contributed by atoms with Crippen molar-refractivity contribution in [1.82, 2.24) is 4.98 Å². The summed E-state index contributed by atoms with van der Waals surface area (Å²) in [5.41, 5.74) is 0. The molecule has 0 saturated carbocycles. The van der Waals surface area contributed by atoms with Gasteiger partial charge in [-0.3, -0.25) is 0 Å². The van der Waals surface area contributed by atoms with Gasteiger partial charge in [0.25, 0.3) is 0 Å². The van der Waals surface area contributed by atoms with Gasteiger partial charge in [-0.25, -0.2) is 0 Å². The van der Waals surface area contributed by atoms with Crippen LogP contribution >= 0.6 is 0 Å². The van der Waals surface area contributed by atoms with Gasteiger partial charge in [0.05, 0.1) is 0 Å². The molecule has 0 saturated heterocycles. The Morgan fingerprint density at radius 2 is 1.50 bits per heavy atom. The van der Waals surface area contributed by atoms with Crippen molar-refractivity contribution in [2.24, 2.45) is 0 Å². The van der Waals surface area contributed by atoms with E-state index in [0.717, 1.165) is 0 Å². The monoisotopic (exact) mass is 207 g/mol. The van der Waals surface area contributed by atoms with E-state index in [-0.39, 0.29) is 41.7 Å². The summed E-state index contributed by atoms with van der Waals surface area (Å²) in [6.07, 6.45) is 3.75. The molecule has 26 valence electrons. The molecule has 0 aliphatic heterocycles. The number of rotatable bonds is 0. The van der Waals surface area contributed by atoms with Crippen LogP contribution in [-0.4, -0.2) is 4.98 Å². The zero-order valence-electron chi connectivity index (χ0n) is 3.31. The normalized spacial score (nSPS) is 6.67. The van der Waals surface area contributed by atoms with E-state index >= 15 is 0 Å². The van der Waals surface area contributed by atoms with Gasteiger partial charge in [-0.15, -0.1) is 0 Å². The van der Waals surface area contributed by atoms with Gasteiger partial charge in [0.15, 0.2) is 0 Å². The van der Waals surface area contributed by atoms with Crippen LogP contribution in [0, 0.1) is 41.7 Å². The molecule has 1 aromatic heterocycles. The predicted octanol–water partition coefficient (Wildman–Crippen LogP) is 1.01. The molecule has 1 aromatic rings. The minimum absolute atomic E-state index is 0. The van der Waals surface area contributed by atoms with E-state index in [4.69, 9.17) is 0 Å². The van der Waals surface area contributed by atoms with E-state index in [1.165, 1.54) is 0 Å². The predicted molar refractivity (Wildman–Crippen MR) is 20.8 cm³/mol. The van der Waals surface area contributed by atoms with E-state index in [1.807, 2.05) is 24.5 Å². The molecule has 0 unspecified atom stereocenters. The van der Waals surface area contributed by atoms with Crippen LogP contribution in [0.25, 0.3) is 0 Å². The van der Waals surface area contributed by atoms with Crippen LogP contribution < -0.4 is 0 Å². The second kappa shape index (κ2) is 3.83. The minimum atomic E-state index is 0. The van der Waals surface area contributed by atoms with E-state index in [1.54, 1.807) is 0 Å². The molecule has 0 aliphatic rings. The maximum Gasteiger partial charge on any atom is 4.00 e. The third-order valence-corrected chi connectivity index (χ3v) is 0.496. The first-order valence-electron chi connectivity index (χ1n) is 1.58. The molecule has 6 heavy (non-hydrogen) atoms. The molecule has 0 bridgehead atoms. The van der Waals surface area contributed by atoms with Crippen LogP contribution in [0.1, 0.15) is 0 Å². The summed E-state index contributed by atoms with van der Waals surface area (Å²) in [6.45, 7) is 0. The second-order valence-electron chi connectivity index (χ2n) is 0.885. The third-order valence-electron chi connectivity index (χ3n) is 0.496. The molecule has 1 heterocycles. The summed E-state index contributed by atoms with van der Waals surface area (Å²) >= 11 is 0. The van der Waals surface area contributed by atoms with Crippen LogP contribution in [0.4, 0.5) is 0 Å². The molecule has 0 amide bonds. The molecule has 1 nitrogen and oxygen atoms in total. The first-order valence-corrected chi connectivity index (χ1v) is 1.58. The van der Waals surface area contributed by atoms with Gasteiger partial charge >= 0.3 is 41.7 Å². The second-order valence-corrected chi connectivity index (χ2v) is 0.885. The van der Waals surface area contributed by atoms with Crippen molar-refractivity contribution >= 4 is 0 Å². The summed E-state index contributed by atoms with van der Waals surface area (Å²) in [5.74, 6) is 0. The summed E-state index contributed by atoms with van der Waals surface area (Å²) in [6, 6.07) is 3.89. The van der Waals surface area contributed by atoms with Crippen LogP contribution in [0.2, 0.25) is 0 Å². The Hall–Kier alpha value is 0.657. The zero-order chi connectivity index (χ0) is 3.54. The van der Waals surface area contributed by atoms with Crippen LogP contribution in [0.3, 0.4) is 0 Å². The number of aromatic amines is 1.